The summed E-state index contributed by atoms with van der Waals surface area (Å²) in [6.45, 7) is 0. The van der Waals surface area contributed by atoms with Gasteiger partial charge in [-0.25, -0.2) is 13.4 Å². The highest BCUT2D eigenvalue weighted by Crippen LogP contribution is 2.18. The molecule has 0 spiro atoms. The third-order valence-electron chi connectivity index (χ3n) is 1.51. The van der Waals surface area contributed by atoms with Crippen molar-refractivity contribution in [2.75, 3.05) is 11.5 Å². The molecule has 1 aromatic rings. The predicted octanol–water partition coefficient (Wildman–Crippen LogP) is 1.65. The standard InChI is InChI=1S/C7H7ClN2O4S2/c8-16(13,14)4-3-15-7-2-1-6(5-9-7)10(11)12/h1-2,5H,3-4H2. The lowest BCUT2D eigenvalue weighted by molar-refractivity contribution is -0.385. The zero-order valence-electron chi connectivity index (χ0n) is 7.87. The van der Waals surface area contributed by atoms with E-state index in [-0.39, 0.29) is 17.2 Å². The highest BCUT2D eigenvalue weighted by Gasteiger charge is 2.08. The van der Waals surface area contributed by atoms with E-state index in [1.54, 1.807) is 0 Å². The van der Waals surface area contributed by atoms with Gasteiger partial charge in [0.25, 0.3) is 5.69 Å². The van der Waals surface area contributed by atoms with Crippen LogP contribution in [0.5, 0.6) is 0 Å². The van der Waals surface area contributed by atoms with Crippen molar-refractivity contribution in [3.63, 3.8) is 0 Å². The molecule has 9 heteroatoms. The number of nitrogens with zero attached hydrogens (tertiary/aromatic N) is 2. The lowest BCUT2D eigenvalue weighted by atomic mass is 10.4. The van der Waals surface area contributed by atoms with E-state index in [2.05, 4.69) is 4.98 Å². The molecule has 0 atom stereocenters. The summed E-state index contributed by atoms with van der Waals surface area (Å²) in [4.78, 5) is 13.6. The maximum Gasteiger partial charge on any atom is 0.287 e. The summed E-state index contributed by atoms with van der Waals surface area (Å²) in [6, 6.07) is 2.77. The molecule has 0 unspecified atom stereocenters. The van der Waals surface area contributed by atoms with Crippen LogP contribution in [-0.4, -0.2) is 29.8 Å². The summed E-state index contributed by atoms with van der Waals surface area (Å²) < 4.78 is 21.2. The molecule has 1 rings (SSSR count). The average Bonchev–Trinajstić information content (AvgIpc) is 2.16. The second-order valence-electron chi connectivity index (χ2n) is 2.70. The molecule has 0 radical (unpaired) electrons. The Labute approximate surface area is 101 Å². The van der Waals surface area contributed by atoms with E-state index in [9.17, 15) is 18.5 Å². The number of hydrogen-bond acceptors (Lipinski definition) is 6. The van der Waals surface area contributed by atoms with Crippen LogP contribution in [0.25, 0.3) is 0 Å². The first-order valence-corrected chi connectivity index (χ1v) is 7.50. The predicted molar refractivity (Wildman–Crippen MR) is 61.3 cm³/mol. The molecule has 6 nitrogen and oxygen atoms in total. The number of rotatable bonds is 5. The Morgan fingerprint density at radius 1 is 1.50 bits per heavy atom. The van der Waals surface area contributed by atoms with Crippen LogP contribution in [-0.2, 0) is 9.05 Å². The van der Waals surface area contributed by atoms with Crippen molar-refractivity contribution in [1.29, 1.82) is 0 Å². The fourth-order valence-electron chi connectivity index (χ4n) is 0.812. The van der Waals surface area contributed by atoms with Gasteiger partial charge in [0, 0.05) is 22.5 Å². The third kappa shape index (κ3) is 4.77. The van der Waals surface area contributed by atoms with Crippen molar-refractivity contribution in [2.24, 2.45) is 0 Å². The minimum atomic E-state index is -3.50. The van der Waals surface area contributed by atoms with Crippen LogP contribution in [0.3, 0.4) is 0 Å². The Morgan fingerprint density at radius 2 is 2.19 bits per heavy atom. The van der Waals surface area contributed by atoms with Crippen LogP contribution >= 0.6 is 22.4 Å². The highest BCUT2D eigenvalue weighted by molar-refractivity contribution is 8.14. The summed E-state index contributed by atoms with van der Waals surface area (Å²) in [6.07, 6.45) is 1.12. The summed E-state index contributed by atoms with van der Waals surface area (Å²) in [7, 11) is 1.51. The quantitative estimate of drug-likeness (QED) is 0.353. The molecule has 0 aliphatic rings. The van der Waals surface area contributed by atoms with Gasteiger partial charge in [-0.15, -0.1) is 11.8 Å². The monoisotopic (exact) mass is 282 g/mol. The van der Waals surface area contributed by atoms with Crippen molar-refractivity contribution >= 4 is 37.2 Å². The molecule has 0 aliphatic heterocycles. The molecule has 88 valence electrons. The van der Waals surface area contributed by atoms with Crippen molar-refractivity contribution in [1.82, 2.24) is 4.98 Å². The summed E-state index contributed by atoms with van der Waals surface area (Å²) in [5, 5.41) is 10.8. The smallest absolute Gasteiger partial charge is 0.258 e. The zero-order valence-corrected chi connectivity index (χ0v) is 10.3. The van der Waals surface area contributed by atoms with Crippen LogP contribution in [0.1, 0.15) is 0 Å². The zero-order chi connectivity index (χ0) is 12.2. The first-order chi connectivity index (χ1) is 7.38. The first kappa shape index (κ1) is 13.2. The van der Waals surface area contributed by atoms with E-state index in [0.29, 0.717) is 5.03 Å². The third-order valence-corrected chi connectivity index (χ3v) is 3.87. The van der Waals surface area contributed by atoms with Gasteiger partial charge < -0.3 is 0 Å². The van der Waals surface area contributed by atoms with Gasteiger partial charge in [0.15, 0.2) is 0 Å². The lowest BCUT2D eigenvalue weighted by Crippen LogP contribution is -1.99. The molecule has 0 bridgehead atoms. The topological polar surface area (TPSA) is 90.2 Å². The van der Waals surface area contributed by atoms with Crippen LogP contribution in [0.4, 0.5) is 5.69 Å². The fraction of sp³-hybridized carbons (Fsp3) is 0.286. The van der Waals surface area contributed by atoms with E-state index in [0.717, 1.165) is 6.20 Å². The molecule has 0 aromatic carbocycles. The minimum Gasteiger partial charge on any atom is -0.258 e. The molecule has 16 heavy (non-hydrogen) atoms. The molecular weight excluding hydrogens is 276 g/mol. The lowest BCUT2D eigenvalue weighted by Gasteiger charge is -1.98. The molecule has 0 N–H and O–H groups in total. The Balaban J connectivity index is 2.53. The Kier molecular flexibility index (Phi) is 4.51. The van der Waals surface area contributed by atoms with Gasteiger partial charge in [-0.1, -0.05) is 0 Å². The number of pyridine rings is 1. The fourth-order valence-corrected chi connectivity index (χ4v) is 3.01. The van der Waals surface area contributed by atoms with E-state index in [1.807, 2.05) is 0 Å². The van der Waals surface area contributed by atoms with Crippen LogP contribution in [0, 0.1) is 10.1 Å². The van der Waals surface area contributed by atoms with Gasteiger partial charge >= 0.3 is 0 Å². The van der Waals surface area contributed by atoms with Crippen molar-refractivity contribution in [2.45, 2.75) is 5.03 Å². The number of nitro groups is 1. The second kappa shape index (κ2) is 5.46. The van der Waals surface area contributed by atoms with Gasteiger partial charge in [-0.05, 0) is 6.07 Å². The molecule has 0 fully saturated rings. The molecule has 1 heterocycles. The largest absolute Gasteiger partial charge is 0.287 e. The first-order valence-electron chi connectivity index (χ1n) is 4.04. The average molecular weight is 283 g/mol. The normalized spacial score (nSPS) is 11.3. The number of aromatic nitrogens is 1. The van der Waals surface area contributed by atoms with Gasteiger partial charge in [0.05, 0.1) is 15.7 Å². The van der Waals surface area contributed by atoms with E-state index < -0.39 is 14.0 Å². The number of thioether (sulfide) groups is 1. The molecule has 0 aliphatic carbocycles. The van der Waals surface area contributed by atoms with Gasteiger partial charge in [0.1, 0.15) is 6.20 Å². The maximum atomic E-state index is 10.6. The molecule has 0 saturated carbocycles. The molecule has 0 saturated heterocycles. The van der Waals surface area contributed by atoms with Crippen molar-refractivity contribution < 1.29 is 13.3 Å². The van der Waals surface area contributed by atoms with Crippen molar-refractivity contribution in [3.8, 4) is 0 Å². The second-order valence-corrected chi connectivity index (χ2v) is 6.71. The van der Waals surface area contributed by atoms with Crippen LogP contribution in [0.15, 0.2) is 23.4 Å². The number of hydrogen-bond donors (Lipinski definition) is 0. The molecular formula is C7H7ClN2O4S2. The van der Waals surface area contributed by atoms with E-state index in [1.165, 1.54) is 23.9 Å². The minimum absolute atomic E-state index is 0.102. The highest BCUT2D eigenvalue weighted by atomic mass is 35.7. The van der Waals surface area contributed by atoms with Crippen molar-refractivity contribution in [3.05, 3.63) is 28.4 Å². The summed E-state index contributed by atoms with van der Waals surface area (Å²) >= 11 is 1.17. The SMILES string of the molecule is O=[N+]([O-])c1ccc(SCCS(=O)(=O)Cl)nc1. The van der Waals surface area contributed by atoms with Crippen LogP contribution < -0.4 is 0 Å². The molecule has 1 aromatic heterocycles. The Hall–Kier alpha value is -0.860. The van der Waals surface area contributed by atoms with Gasteiger partial charge in [-0.3, -0.25) is 10.1 Å². The van der Waals surface area contributed by atoms with Crippen LogP contribution in [0.2, 0.25) is 0 Å². The molecule has 0 amide bonds. The van der Waals surface area contributed by atoms with E-state index >= 15 is 0 Å². The Morgan fingerprint density at radius 3 is 2.62 bits per heavy atom. The van der Waals surface area contributed by atoms with E-state index in [4.69, 9.17) is 10.7 Å². The number of halogens is 1. The van der Waals surface area contributed by atoms with Gasteiger partial charge in [-0.2, -0.15) is 0 Å². The summed E-state index contributed by atoms with van der Waals surface area (Å²) in [5.74, 6) is 0.0918. The Bertz CT molecular complexity index is 474. The van der Waals surface area contributed by atoms with Gasteiger partial charge in [0.2, 0.25) is 9.05 Å². The maximum absolute atomic E-state index is 10.6. The summed E-state index contributed by atoms with van der Waals surface area (Å²) in [5.41, 5.74) is -0.102.